The zero-order chi connectivity index (χ0) is 21.0. The fourth-order valence-electron chi connectivity index (χ4n) is 4.03. The van der Waals surface area contributed by atoms with Crippen molar-refractivity contribution in [1.29, 1.82) is 0 Å². The van der Waals surface area contributed by atoms with E-state index in [0.717, 1.165) is 19.4 Å². The van der Waals surface area contributed by atoms with Crippen molar-refractivity contribution in [3.63, 3.8) is 0 Å². The van der Waals surface area contributed by atoms with Crippen molar-refractivity contribution in [1.82, 2.24) is 10.9 Å². The molecule has 0 bridgehead atoms. The highest BCUT2D eigenvalue weighted by molar-refractivity contribution is 5.75. The molecule has 2 unspecified atom stereocenters. The predicted octanol–water partition coefficient (Wildman–Crippen LogP) is 6.83. The number of hydrogen-bond acceptors (Lipinski definition) is 3. The van der Waals surface area contributed by atoms with Gasteiger partial charge in [-0.1, -0.05) is 104 Å². The van der Waals surface area contributed by atoms with Gasteiger partial charge in [0.2, 0.25) is 5.91 Å². The first-order valence-electron chi connectivity index (χ1n) is 12.9. The summed E-state index contributed by atoms with van der Waals surface area (Å²) >= 11 is 0. The smallest absolute Gasteiger partial charge is 0.234 e. The quantitative estimate of drug-likeness (QED) is 0.117. The minimum absolute atomic E-state index is 0.132. The Kier molecular flexibility index (Phi) is 17.6. The second-order valence-electron chi connectivity index (χ2n) is 8.97. The Balaban J connectivity index is 1.72. The van der Waals surface area contributed by atoms with Crippen LogP contribution >= 0.6 is 0 Å². The summed E-state index contributed by atoms with van der Waals surface area (Å²) in [6.45, 7) is 5.22. The van der Waals surface area contributed by atoms with Gasteiger partial charge in [-0.2, -0.15) is 0 Å². The van der Waals surface area contributed by atoms with Crippen LogP contribution in [0.15, 0.2) is 0 Å². The van der Waals surface area contributed by atoms with E-state index in [4.69, 9.17) is 4.74 Å². The van der Waals surface area contributed by atoms with Crippen molar-refractivity contribution in [2.75, 3.05) is 6.54 Å². The van der Waals surface area contributed by atoms with Gasteiger partial charge < -0.3 is 4.74 Å². The zero-order valence-corrected chi connectivity index (χ0v) is 19.6. The molecule has 1 aliphatic heterocycles. The number of hydrogen-bond donors (Lipinski definition) is 2. The van der Waals surface area contributed by atoms with E-state index in [2.05, 4.69) is 24.7 Å². The lowest BCUT2D eigenvalue weighted by Gasteiger charge is -2.05. The van der Waals surface area contributed by atoms with E-state index >= 15 is 0 Å². The maximum Gasteiger partial charge on any atom is 0.234 e. The zero-order valence-electron chi connectivity index (χ0n) is 19.6. The lowest BCUT2D eigenvalue weighted by atomic mass is 10.0. The van der Waals surface area contributed by atoms with Gasteiger partial charge >= 0.3 is 0 Å². The van der Waals surface area contributed by atoms with Crippen LogP contribution < -0.4 is 10.9 Å². The van der Waals surface area contributed by atoms with Crippen molar-refractivity contribution < 1.29 is 9.53 Å². The van der Waals surface area contributed by atoms with Gasteiger partial charge in [0, 0.05) is 13.0 Å². The van der Waals surface area contributed by atoms with Gasteiger partial charge in [-0.25, -0.2) is 5.43 Å². The lowest BCUT2D eigenvalue weighted by molar-refractivity contribution is -0.122. The molecule has 1 saturated heterocycles. The second kappa shape index (κ2) is 19.4. The van der Waals surface area contributed by atoms with E-state index in [1.807, 2.05) is 0 Å². The van der Waals surface area contributed by atoms with Crippen molar-refractivity contribution in [3.05, 3.63) is 0 Å². The first-order chi connectivity index (χ1) is 14.3. The minimum Gasteiger partial charge on any atom is -0.370 e. The molecule has 0 aromatic carbocycles. The third kappa shape index (κ3) is 16.8. The molecular formula is C25H50N2O2. The topological polar surface area (TPSA) is 53.7 Å². The molecule has 0 radical (unpaired) electrons. The van der Waals surface area contributed by atoms with E-state index in [1.165, 1.54) is 103 Å². The molecule has 1 aliphatic rings. The summed E-state index contributed by atoms with van der Waals surface area (Å²) < 4.78 is 5.84. The molecule has 1 fully saturated rings. The highest BCUT2D eigenvalue weighted by Crippen LogP contribution is 2.31. The van der Waals surface area contributed by atoms with Crippen LogP contribution in [0.4, 0.5) is 0 Å². The molecule has 0 aliphatic carbocycles. The number of carbonyl (C=O) groups excluding carboxylic acids is 1. The summed E-state index contributed by atoms with van der Waals surface area (Å²) in [5.41, 5.74) is 5.69. The van der Waals surface area contributed by atoms with Crippen LogP contribution in [0.5, 0.6) is 0 Å². The fourth-order valence-corrected chi connectivity index (χ4v) is 4.03. The number of rotatable bonds is 22. The van der Waals surface area contributed by atoms with Crippen LogP contribution in [0.25, 0.3) is 0 Å². The number of unbranched alkanes of at least 4 members (excludes halogenated alkanes) is 13. The van der Waals surface area contributed by atoms with Crippen molar-refractivity contribution in [3.8, 4) is 0 Å². The second-order valence-corrected chi connectivity index (χ2v) is 8.97. The number of hydrazine groups is 1. The highest BCUT2D eigenvalue weighted by Gasteiger charge is 2.36. The molecule has 1 heterocycles. The molecule has 4 nitrogen and oxygen atoms in total. The Labute approximate surface area is 181 Å². The van der Waals surface area contributed by atoms with Crippen LogP contribution in [-0.4, -0.2) is 24.7 Å². The average molecular weight is 411 g/mol. The molecule has 0 saturated carbocycles. The number of epoxide rings is 1. The molecule has 2 N–H and O–H groups in total. The highest BCUT2D eigenvalue weighted by atomic mass is 16.6. The summed E-state index contributed by atoms with van der Waals surface area (Å²) in [4.78, 5) is 11.5. The van der Waals surface area contributed by atoms with Crippen molar-refractivity contribution >= 4 is 5.91 Å². The molecular weight excluding hydrogens is 360 g/mol. The SMILES string of the molecule is CCCCCCCCC1OC1CCCCCCCCCCCC(=O)NNCCC. The van der Waals surface area contributed by atoms with Gasteiger partial charge in [0.25, 0.3) is 0 Å². The van der Waals surface area contributed by atoms with Gasteiger partial charge in [0.05, 0.1) is 12.2 Å². The predicted molar refractivity (Wildman–Crippen MR) is 124 cm³/mol. The van der Waals surface area contributed by atoms with Gasteiger partial charge in [-0.05, 0) is 25.7 Å². The first-order valence-corrected chi connectivity index (χ1v) is 12.9. The first kappa shape index (κ1) is 26.4. The van der Waals surface area contributed by atoms with Crippen LogP contribution in [-0.2, 0) is 9.53 Å². The third-order valence-electron chi connectivity index (χ3n) is 6.03. The van der Waals surface area contributed by atoms with Gasteiger partial charge in [-0.15, -0.1) is 0 Å². The van der Waals surface area contributed by atoms with Crippen LogP contribution in [0, 0.1) is 0 Å². The standard InChI is InChI=1S/C25H50N2O2/c1-3-5-6-7-13-16-19-23-24(29-23)20-17-14-11-9-8-10-12-15-18-21-25(28)27-26-22-4-2/h23-24,26H,3-22H2,1-2H3,(H,27,28). The molecule has 4 heteroatoms. The van der Waals surface area contributed by atoms with Gasteiger partial charge in [-0.3, -0.25) is 10.2 Å². The van der Waals surface area contributed by atoms with Crippen molar-refractivity contribution in [2.24, 2.45) is 0 Å². The number of carbonyl (C=O) groups is 1. The molecule has 2 atom stereocenters. The monoisotopic (exact) mass is 410 g/mol. The summed E-state index contributed by atoms with van der Waals surface area (Å²) in [7, 11) is 0. The lowest BCUT2D eigenvalue weighted by Crippen LogP contribution is -2.37. The maximum atomic E-state index is 11.5. The number of amides is 1. The van der Waals surface area contributed by atoms with E-state index in [-0.39, 0.29) is 5.91 Å². The summed E-state index contributed by atoms with van der Waals surface area (Å²) in [5, 5.41) is 0. The normalized spacial score (nSPS) is 18.1. The molecule has 172 valence electrons. The summed E-state index contributed by atoms with van der Waals surface area (Å²) in [6, 6.07) is 0. The van der Waals surface area contributed by atoms with E-state index < -0.39 is 0 Å². The number of ether oxygens (including phenoxy) is 1. The molecule has 0 aromatic heterocycles. The maximum absolute atomic E-state index is 11.5. The third-order valence-corrected chi connectivity index (χ3v) is 6.03. The Bertz CT molecular complexity index is 376. The molecule has 0 spiro atoms. The summed E-state index contributed by atoms with van der Waals surface area (Å²) in [6.07, 6.45) is 25.4. The Hall–Kier alpha value is -0.610. The van der Waals surface area contributed by atoms with E-state index in [1.54, 1.807) is 0 Å². The van der Waals surface area contributed by atoms with Crippen LogP contribution in [0.3, 0.4) is 0 Å². The van der Waals surface area contributed by atoms with Gasteiger partial charge in [0.15, 0.2) is 0 Å². The Morgan fingerprint density at radius 1 is 0.655 bits per heavy atom. The molecule has 29 heavy (non-hydrogen) atoms. The van der Waals surface area contributed by atoms with Crippen molar-refractivity contribution in [2.45, 2.75) is 148 Å². The van der Waals surface area contributed by atoms with E-state index in [0.29, 0.717) is 18.6 Å². The fraction of sp³-hybridized carbons (Fsp3) is 0.960. The van der Waals surface area contributed by atoms with E-state index in [9.17, 15) is 4.79 Å². The Morgan fingerprint density at radius 3 is 1.66 bits per heavy atom. The number of nitrogens with one attached hydrogen (secondary N) is 2. The largest absolute Gasteiger partial charge is 0.370 e. The van der Waals surface area contributed by atoms with Crippen LogP contribution in [0.1, 0.15) is 136 Å². The van der Waals surface area contributed by atoms with Crippen LogP contribution in [0.2, 0.25) is 0 Å². The molecule has 1 rings (SSSR count). The summed E-state index contributed by atoms with van der Waals surface area (Å²) in [5.74, 6) is 0.132. The molecule has 0 aromatic rings. The Morgan fingerprint density at radius 2 is 1.14 bits per heavy atom. The minimum atomic E-state index is 0.132. The average Bonchev–Trinajstić information content (AvgIpc) is 3.47. The molecule has 1 amide bonds. The van der Waals surface area contributed by atoms with Gasteiger partial charge in [0.1, 0.15) is 0 Å².